The zero-order valence-corrected chi connectivity index (χ0v) is 10.4. The first kappa shape index (κ1) is 14.1. The molecule has 2 unspecified atom stereocenters. The van der Waals surface area contributed by atoms with Gasteiger partial charge in [-0.1, -0.05) is 26.0 Å². The maximum absolute atomic E-state index is 14.2. The van der Waals surface area contributed by atoms with E-state index in [1.807, 2.05) is 0 Å². The molecule has 1 aromatic carbocycles. The lowest BCUT2D eigenvalue weighted by Crippen LogP contribution is -2.55. The van der Waals surface area contributed by atoms with Crippen molar-refractivity contribution >= 4 is 0 Å². The van der Waals surface area contributed by atoms with Gasteiger partial charge in [-0.05, 0) is 23.5 Å². The van der Waals surface area contributed by atoms with E-state index in [2.05, 4.69) is 0 Å². The van der Waals surface area contributed by atoms with E-state index in [9.17, 15) is 27.8 Å². The van der Waals surface area contributed by atoms with Crippen LogP contribution in [0.3, 0.4) is 0 Å². The summed E-state index contributed by atoms with van der Waals surface area (Å²) in [6, 6.07) is 3.72. The second-order valence-corrected chi connectivity index (χ2v) is 5.59. The fourth-order valence-electron chi connectivity index (χ4n) is 2.86. The van der Waals surface area contributed by atoms with Crippen LogP contribution in [0.5, 0.6) is 5.75 Å². The van der Waals surface area contributed by atoms with E-state index in [1.54, 1.807) is 0 Å². The van der Waals surface area contributed by atoms with Gasteiger partial charge in [0.15, 0.2) is 11.8 Å². The molecule has 0 saturated carbocycles. The van der Waals surface area contributed by atoms with Gasteiger partial charge in [0.2, 0.25) is 0 Å². The minimum absolute atomic E-state index is 0.122. The van der Waals surface area contributed by atoms with Crippen LogP contribution in [-0.4, -0.2) is 22.0 Å². The van der Waals surface area contributed by atoms with Gasteiger partial charge in [0, 0.05) is 5.56 Å². The number of fused-ring (bicyclic) bond motifs is 1. The van der Waals surface area contributed by atoms with Gasteiger partial charge in [-0.3, -0.25) is 0 Å². The highest BCUT2D eigenvalue weighted by Gasteiger charge is 2.64. The van der Waals surface area contributed by atoms with E-state index < -0.39 is 29.8 Å². The summed E-state index contributed by atoms with van der Waals surface area (Å²) in [5, 5.41) is 19.5. The maximum Gasteiger partial charge on any atom is 0.420 e. The number of halogens is 4. The number of aliphatic hydroxyl groups is 1. The summed E-state index contributed by atoms with van der Waals surface area (Å²) in [5.41, 5.74) is -4.81. The van der Waals surface area contributed by atoms with E-state index in [1.165, 1.54) is 26.0 Å². The van der Waals surface area contributed by atoms with Crippen LogP contribution >= 0.6 is 0 Å². The molecule has 2 rings (SSSR count). The molecule has 1 aliphatic carbocycles. The first-order valence-electron chi connectivity index (χ1n) is 5.76. The largest absolute Gasteiger partial charge is 0.508 e. The lowest BCUT2D eigenvalue weighted by atomic mass is 9.65. The molecule has 0 fully saturated rings. The van der Waals surface area contributed by atoms with Crippen molar-refractivity contribution in [3.8, 4) is 5.75 Å². The SMILES string of the molecule is CC1(C)CC(O)(C(F)(F)F)C(F)c2cccc(O)c21. The number of hydrogen-bond acceptors (Lipinski definition) is 2. The fraction of sp³-hybridized carbons (Fsp3) is 0.538. The van der Waals surface area contributed by atoms with Crippen LogP contribution in [0.1, 0.15) is 37.6 Å². The second kappa shape index (κ2) is 3.85. The molecule has 6 heteroatoms. The van der Waals surface area contributed by atoms with Crippen molar-refractivity contribution in [2.75, 3.05) is 0 Å². The molecule has 0 bridgehead atoms. The minimum atomic E-state index is -5.08. The van der Waals surface area contributed by atoms with Crippen molar-refractivity contribution < 1.29 is 27.8 Å². The number of benzene rings is 1. The van der Waals surface area contributed by atoms with Crippen molar-refractivity contribution in [2.24, 2.45) is 0 Å². The van der Waals surface area contributed by atoms with E-state index in [0.717, 1.165) is 6.07 Å². The zero-order chi connectivity index (χ0) is 14.6. The molecule has 0 aromatic heterocycles. The second-order valence-electron chi connectivity index (χ2n) is 5.59. The number of alkyl halides is 4. The molecule has 1 aliphatic rings. The first-order chi connectivity index (χ1) is 8.51. The zero-order valence-electron chi connectivity index (χ0n) is 10.4. The van der Waals surface area contributed by atoms with E-state index in [0.29, 0.717) is 0 Å². The average Bonchev–Trinajstić information content (AvgIpc) is 2.23. The van der Waals surface area contributed by atoms with E-state index >= 15 is 0 Å². The summed E-state index contributed by atoms with van der Waals surface area (Å²) in [7, 11) is 0. The highest BCUT2D eigenvalue weighted by molar-refractivity contribution is 5.49. The van der Waals surface area contributed by atoms with Crippen LogP contribution in [0.15, 0.2) is 18.2 Å². The molecule has 19 heavy (non-hydrogen) atoms. The van der Waals surface area contributed by atoms with Crippen molar-refractivity contribution in [3.05, 3.63) is 29.3 Å². The van der Waals surface area contributed by atoms with Gasteiger partial charge in [0.05, 0.1) is 0 Å². The molecule has 0 radical (unpaired) electrons. The highest BCUT2D eigenvalue weighted by atomic mass is 19.4. The van der Waals surface area contributed by atoms with Gasteiger partial charge in [-0.25, -0.2) is 4.39 Å². The minimum Gasteiger partial charge on any atom is -0.508 e. The van der Waals surface area contributed by atoms with Crippen LogP contribution < -0.4 is 0 Å². The van der Waals surface area contributed by atoms with Crippen LogP contribution in [-0.2, 0) is 5.41 Å². The number of hydrogen-bond donors (Lipinski definition) is 2. The van der Waals surface area contributed by atoms with Gasteiger partial charge < -0.3 is 10.2 Å². The van der Waals surface area contributed by atoms with Gasteiger partial charge in [-0.2, -0.15) is 13.2 Å². The molecule has 1 aromatic rings. The predicted molar refractivity (Wildman–Crippen MR) is 60.6 cm³/mol. The van der Waals surface area contributed by atoms with Crippen molar-refractivity contribution in [1.29, 1.82) is 0 Å². The fourth-order valence-corrected chi connectivity index (χ4v) is 2.86. The highest BCUT2D eigenvalue weighted by Crippen LogP contribution is 2.56. The van der Waals surface area contributed by atoms with Crippen LogP contribution in [0.2, 0.25) is 0 Å². The monoisotopic (exact) mass is 278 g/mol. The Balaban J connectivity index is 2.69. The molecule has 0 aliphatic heterocycles. The third-order valence-electron chi connectivity index (χ3n) is 3.65. The van der Waals surface area contributed by atoms with Crippen LogP contribution in [0, 0.1) is 0 Å². The lowest BCUT2D eigenvalue weighted by molar-refractivity contribution is -0.292. The Bertz CT molecular complexity index is 510. The molecule has 2 nitrogen and oxygen atoms in total. The molecule has 106 valence electrons. The lowest BCUT2D eigenvalue weighted by Gasteiger charge is -2.45. The normalized spacial score (nSPS) is 29.9. The third kappa shape index (κ3) is 1.89. The predicted octanol–water partition coefficient (Wildman–Crippen LogP) is 3.38. The molecular formula is C13H14F4O2. The Morgan fingerprint density at radius 2 is 1.84 bits per heavy atom. The van der Waals surface area contributed by atoms with Gasteiger partial charge in [0.1, 0.15) is 5.75 Å². The number of aromatic hydroxyl groups is 1. The Morgan fingerprint density at radius 3 is 2.37 bits per heavy atom. The molecule has 0 spiro atoms. The van der Waals surface area contributed by atoms with Crippen molar-refractivity contribution in [2.45, 2.75) is 43.6 Å². The third-order valence-corrected chi connectivity index (χ3v) is 3.65. The quantitative estimate of drug-likeness (QED) is 0.714. The topological polar surface area (TPSA) is 40.5 Å². The Kier molecular flexibility index (Phi) is 2.86. The van der Waals surface area contributed by atoms with Crippen molar-refractivity contribution in [3.63, 3.8) is 0 Å². The maximum atomic E-state index is 14.2. The number of phenolic OH excluding ortho intramolecular Hbond substituents is 1. The summed E-state index contributed by atoms with van der Waals surface area (Å²) in [6.07, 6.45) is -8.52. The van der Waals surface area contributed by atoms with E-state index in [-0.39, 0.29) is 16.9 Å². The molecule has 2 atom stereocenters. The van der Waals surface area contributed by atoms with Crippen molar-refractivity contribution in [1.82, 2.24) is 0 Å². The molecule has 0 heterocycles. The molecule has 2 N–H and O–H groups in total. The Hall–Kier alpha value is -1.30. The Morgan fingerprint density at radius 1 is 1.26 bits per heavy atom. The summed E-state index contributed by atoms with van der Waals surface area (Å²) in [5.74, 6) is -0.255. The molecule has 0 saturated heterocycles. The Labute approximate surface area is 107 Å². The molecule has 0 amide bonds. The van der Waals surface area contributed by atoms with Crippen LogP contribution in [0.25, 0.3) is 0 Å². The van der Waals surface area contributed by atoms with Gasteiger partial charge >= 0.3 is 6.18 Å². The molecular weight excluding hydrogens is 264 g/mol. The van der Waals surface area contributed by atoms with Crippen LogP contribution in [0.4, 0.5) is 17.6 Å². The first-order valence-corrected chi connectivity index (χ1v) is 5.76. The van der Waals surface area contributed by atoms with Gasteiger partial charge in [-0.15, -0.1) is 0 Å². The summed E-state index contributed by atoms with van der Waals surface area (Å²) in [6.45, 7) is 2.88. The summed E-state index contributed by atoms with van der Waals surface area (Å²) < 4.78 is 53.0. The standard InChI is InChI=1S/C13H14F4O2/c1-11(2)6-12(19,13(15,16)17)10(14)7-4-3-5-8(18)9(7)11/h3-5,10,18-19H,6H2,1-2H3. The smallest absolute Gasteiger partial charge is 0.420 e. The summed E-state index contributed by atoms with van der Waals surface area (Å²) >= 11 is 0. The van der Waals surface area contributed by atoms with E-state index in [4.69, 9.17) is 0 Å². The van der Waals surface area contributed by atoms with Gasteiger partial charge in [0.25, 0.3) is 0 Å². The summed E-state index contributed by atoms with van der Waals surface area (Å²) in [4.78, 5) is 0. The average molecular weight is 278 g/mol. The number of rotatable bonds is 0. The number of phenols is 1.